The van der Waals surface area contributed by atoms with Gasteiger partial charge in [0, 0.05) is 75.1 Å². The number of carbonyl (C=O) groups is 1. The maximum Gasteiger partial charge on any atom is 0.318 e. The summed E-state index contributed by atoms with van der Waals surface area (Å²) in [7, 11) is 1.70. The number of halogens is 1. The molecule has 2 saturated heterocycles. The maximum absolute atomic E-state index is 13.6. The van der Waals surface area contributed by atoms with Gasteiger partial charge < -0.3 is 24.2 Å². The topological polar surface area (TPSA) is 74.3 Å². The SMILES string of the molecule is C=CC(=O)N1CCN(c2nc(OCCN3CCC(F)C3)nc3c2CCN(c2cc(OC)cc4ccccc24)C3)CC1. The molecule has 10 heteroatoms. The molecular weight excluding hydrogens is 523 g/mol. The van der Waals surface area contributed by atoms with Crippen LogP contribution >= 0.6 is 0 Å². The lowest BCUT2D eigenvalue weighted by atomic mass is 10.0. The zero-order chi connectivity index (χ0) is 28.3. The minimum absolute atomic E-state index is 0.0445. The van der Waals surface area contributed by atoms with E-state index in [0.717, 1.165) is 53.4 Å². The second-order valence-electron chi connectivity index (χ2n) is 10.8. The molecular formula is C31H37FN6O3. The third kappa shape index (κ3) is 5.79. The third-order valence-corrected chi connectivity index (χ3v) is 8.33. The Bertz CT molecular complexity index is 1430. The number of alkyl halides is 1. The van der Waals surface area contributed by atoms with Crippen molar-refractivity contribution < 1.29 is 18.7 Å². The summed E-state index contributed by atoms with van der Waals surface area (Å²) < 4.78 is 25.4. The predicted molar refractivity (Wildman–Crippen MR) is 158 cm³/mol. The van der Waals surface area contributed by atoms with E-state index in [4.69, 9.17) is 19.4 Å². The van der Waals surface area contributed by atoms with E-state index in [1.807, 2.05) is 11.0 Å². The van der Waals surface area contributed by atoms with E-state index in [0.29, 0.717) is 64.9 Å². The molecule has 0 N–H and O–H groups in total. The molecule has 1 unspecified atom stereocenters. The number of hydrogen-bond acceptors (Lipinski definition) is 8. The van der Waals surface area contributed by atoms with Crippen LogP contribution in [-0.2, 0) is 17.8 Å². The van der Waals surface area contributed by atoms with Gasteiger partial charge in [-0.15, -0.1) is 0 Å². The molecule has 1 atom stereocenters. The van der Waals surface area contributed by atoms with Crippen molar-refractivity contribution in [2.24, 2.45) is 0 Å². The van der Waals surface area contributed by atoms with Crippen molar-refractivity contribution in [3.05, 3.63) is 60.3 Å². The van der Waals surface area contributed by atoms with Crippen molar-refractivity contribution >= 4 is 28.2 Å². The number of rotatable bonds is 8. The van der Waals surface area contributed by atoms with Gasteiger partial charge in [-0.3, -0.25) is 9.69 Å². The number of methoxy groups -OCH3 is 1. The van der Waals surface area contributed by atoms with Crippen molar-refractivity contribution in [2.45, 2.75) is 25.6 Å². The lowest BCUT2D eigenvalue weighted by Gasteiger charge is -2.38. The quantitative estimate of drug-likeness (QED) is 0.388. The van der Waals surface area contributed by atoms with Crippen LogP contribution in [0.5, 0.6) is 11.8 Å². The van der Waals surface area contributed by atoms with Gasteiger partial charge in [0.25, 0.3) is 0 Å². The summed E-state index contributed by atoms with van der Waals surface area (Å²) in [4.78, 5) is 30.4. The molecule has 1 aromatic heterocycles. The summed E-state index contributed by atoms with van der Waals surface area (Å²) in [5, 5.41) is 2.30. The number of ether oxygens (including phenoxy) is 2. The molecule has 0 bridgehead atoms. The molecule has 6 rings (SSSR count). The van der Waals surface area contributed by atoms with Crippen LogP contribution in [0, 0.1) is 0 Å². The third-order valence-electron chi connectivity index (χ3n) is 8.33. The number of aromatic nitrogens is 2. The number of anilines is 2. The fourth-order valence-electron chi connectivity index (χ4n) is 6.09. The van der Waals surface area contributed by atoms with Crippen LogP contribution in [-0.4, -0.2) is 97.9 Å². The first-order chi connectivity index (χ1) is 20.0. The van der Waals surface area contributed by atoms with E-state index < -0.39 is 6.17 Å². The average Bonchev–Trinajstić information content (AvgIpc) is 3.44. The fraction of sp³-hybridized carbons (Fsp3) is 0.452. The van der Waals surface area contributed by atoms with Gasteiger partial charge in [0.1, 0.15) is 24.3 Å². The molecule has 4 heterocycles. The molecule has 0 saturated carbocycles. The number of likely N-dealkylation sites (tertiary alicyclic amines) is 1. The van der Waals surface area contributed by atoms with Crippen LogP contribution in [0.4, 0.5) is 15.9 Å². The number of nitrogens with zero attached hydrogens (tertiary/aromatic N) is 6. The molecule has 0 radical (unpaired) electrons. The molecule has 9 nitrogen and oxygen atoms in total. The largest absolute Gasteiger partial charge is 0.497 e. The fourth-order valence-corrected chi connectivity index (χ4v) is 6.09. The highest BCUT2D eigenvalue weighted by atomic mass is 19.1. The number of fused-ring (bicyclic) bond motifs is 2. The zero-order valence-electron chi connectivity index (χ0n) is 23.6. The van der Waals surface area contributed by atoms with E-state index in [-0.39, 0.29) is 5.91 Å². The van der Waals surface area contributed by atoms with E-state index in [1.165, 1.54) is 11.5 Å². The highest BCUT2D eigenvalue weighted by Crippen LogP contribution is 2.36. The van der Waals surface area contributed by atoms with Gasteiger partial charge in [-0.2, -0.15) is 9.97 Å². The Morgan fingerprint density at radius 1 is 1.10 bits per heavy atom. The highest BCUT2D eigenvalue weighted by Gasteiger charge is 2.29. The van der Waals surface area contributed by atoms with Gasteiger partial charge in [-0.05, 0) is 30.4 Å². The maximum atomic E-state index is 13.6. The van der Waals surface area contributed by atoms with Crippen LogP contribution < -0.4 is 19.3 Å². The number of piperazine rings is 1. The van der Waals surface area contributed by atoms with Gasteiger partial charge in [0.2, 0.25) is 5.91 Å². The Morgan fingerprint density at radius 3 is 2.68 bits per heavy atom. The summed E-state index contributed by atoms with van der Waals surface area (Å²) in [5.74, 6) is 1.66. The first-order valence-corrected chi connectivity index (χ1v) is 14.4. The summed E-state index contributed by atoms with van der Waals surface area (Å²) >= 11 is 0. The smallest absolute Gasteiger partial charge is 0.318 e. The molecule has 3 aliphatic rings. The average molecular weight is 561 g/mol. The van der Waals surface area contributed by atoms with Crippen LogP contribution in [0.25, 0.3) is 10.8 Å². The lowest BCUT2D eigenvalue weighted by molar-refractivity contribution is -0.126. The predicted octanol–water partition coefficient (Wildman–Crippen LogP) is 3.46. The van der Waals surface area contributed by atoms with E-state index in [9.17, 15) is 9.18 Å². The molecule has 41 heavy (non-hydrogen) atoms. The number of hydrogen-bond donors (Lipinski definition) is 0. The summed E-state index contributed by atoms with van der Waals surface area (Å²) in [6.07, 6.45) is 1.98. The molecule has 3 aliphatic heterocycles. The first-order valence-electron chi connectivity index (χ1n) is 14.4. The number of benzene rings is 2. The number of carbonyl (C=O) groups excluding carboxylic acids is 1. The van der Waals surface area contributed by atoms with Crippen LogP contribution in [0.15, 0.2) is 49.1 Å². The highest BCUT2D eigenvalue weighted by molar-refractivity contribution is 5.96. The van der Waals surface area contributed by atoms with Gasteiger partial charge in [0.15, 0.2) is 0 Å². The van der Waals surface area contributed by atoms with Gasteiger partial charge >= 0.3 is 6.01 Å². The lowest BCUT2D eigenvalue weighted by Crippen LogP contribution is -2.49. The zero-order valence-corrected chi connectivity index (χ0v) is 23.6. The molecule has 2 aromatic carbocycles. The summed E-state index contributed by atoms with van der Waals surface area (Å²) in [6.45, 7) is 9.88. The Labute approximate surface area is 240 Å². The van der Waals surface area contributed by atoms with Crippen molar-refractivity contribution in [2.75, 3.05) is 75.9 Å². The first kappa shape index (κ1) is 27.3. The molecule has 2 fully saturated rings. The number of amides is 1. The molecule has 3 aromatic rings. The molecule has 0 spiro atoms. The summed E-state index contributed by atoms with van der Waals surface area (Å²) in [6, 6.07) is 12.8. The van der Waals surface area contributed by atoms with E-state index in [2.05, 4.69) is 51.6 Å². The second kappa shape index (κ2) is 11.9. The van der Waals surface area contributed by atoms with Crippen molar-refractivity contribution in [1.82, 2.24) is 19.8 Å². The Hall–Kier alpha value is -3.92. The van der Waals surface area contributed by atoms with Crippen molar-refractivity contribution in [3.63, 3.8) is 0 Å². The van der Waals surface area contributed by atoms with Crippen molar-refractivity contribution in [1.29, 1.82) is 0 Å². The van der Waals surface area contributed by atoms with Crippen molar-refractivity contribution in [3.8, 4) is 11.8 Å². The monoisotopic (exact) mass is 560 g/mol. The van der Waals surface area contributed by atoms with Gasteiger partial charge in [0.05, 0.1) is 19.3 Å². The normalized spacial score (nSPS) is 19.4. The minimum Gasteiger partial charge on any atom is -0.497 e. The van der Waals surface area contributed by atoms with E-state index >= 15 is 0 Å². The molecule has 216 valence electrons. The Morgan fingerprint density at radius 2 is 1.93 bits per heavy atom. The van der Waals surface area contributed by atoms with Crippen LogP contribution in [0.2, 0.25) is 0 Å². The minimum atomic E-state index is -0.757. The summed E-state index contributed by atoms with van der Waals surface area (Å²) in [5.41, 5.74) is 3.18. The second-order valence-corrected chi connectivity index (χ2v) is 10.8. The van der Waals surface area contributed by atoms with Gasteiger partial charge in [-0.1, -0.05) is 30.8 Å². The van der Waals surface area contributed by atoms with Gasteiger partial charge in [-0.25, -0.2) is 4.39 Å². The standard InChI is InChI=1S/C31H37FN6O3/c1-3-29(39)36-12-14-37(15-13-36)30-26-9-11-38(28-19-24(40-2)18-22-6-4-5-7-25(22)28)21-27(26)33-31(34-30)41-17-16-35-10-8-23(32)20-35/h3-7,18-19,23H,1,8-17,20-21H2,2H3. The Balaban J connectivity index is 1.28. The van der Waals surface area contributed by atoms with Crippen LogP contribution in [0.3, 0.4) is 0 Å². The molecule has 1 amide bonds. The van der Waals surface area contributed by atoms with E-state index in [1.54, 1.807) is 7.11 Å². The van der Waals surface area contributed by atoms with Crippen LogP contribution in [0.1, 0.15) is 17.7 Å². The Kier molecular flexibility index (Phi) is 7.91. The molecule has 0 aliphatic carbocycles.